The van der Waals surface area contributed by atoms with Crippen molar-refractivity contribution in [1.82, 2.24) is 4.98 Å². The highest BCUT2D eigenvalue weighted by Crippen LogP contribution is 2.21. The van der Waals surface area contributed by atoms with Gasteiger partial charge < -0.3 is 14.8 Å². The molecule has 0 unspecified atom stereocenters. The van der Waals surface area contributed by atoms with Crippen LogP contribution in [0, 0.1) is 6.92 Å². The number of nitrogens with zero attached hydrogens (tertiary/aromatic N) is 1. The Morgan fingerprint density at radius 1 is 1.30 bits per heavy atom. The summed E-state index contributed by atoms with van der Waals surface area (Å²) >= 11 is 0. The summed E-state index contributed by atoms with van der Waals surface area (Å²) in [6, 6.07) is 6.47. The average Bonchev–Trinajstić information content (AvgIpc) is 2.61. The molecule has 10 heteroatoms. The Morgan fingerprint density at radius 2 is 1.96 bits per heavy atom. The summed E-state index contributed by atoms with van der Waals surface area (Å²) in [5, 5.41) is 17.3. The maximum atomic E-state index is 12.5. The number of benzene rings is 1. The first-order valence-electron chi connectivity index (χ1n) is 7.68. The highest BCUT2D eigenvalue weighted by Gasteiger charge is 2.17. The Labute approximate surface area is 153 Å². The van der Waals surface area contributed by atoms with Gasteiger partial charge in [0.2, 0.25) is 10.0 Å². The van der Waals surface area contributed by atoms with Crippen LogP contribution in [0.5, 0.6) is 0 Å². The number of pyridine rings is 1. The predicted molar refractivity (Wildman–Crippen MR) is 96.7 cm³/mol. The third-order valence-corrected chi connectivity index (χ3v) is 4.82. The molecule has 0 aliphatic heterocycles. The lowest BCUT2D eigenvalue weighted by Gasteiger charge is -2.08. The molecule has 2 heterocycles. The number of carbonyl (C=O) groups excluding carboxylic acids is 1. The number of rotatable bonds is 4. The second-order valence-electron chi connectivity index (χ2n) is 5.74. The van der Waals surface area contributed by atoms with E-state index in [-0.39, 0.29) is 28.3 Å². The van der Waals surface area contributed by atoms with Crippen LogP contribution in [0.25, 0.3) is 11.0 Å². The van der Waals surface area contributed by atoms with E-state index in [1.54, 1.807) is 6.92 Å². The van der Waals surface area contributed by atoms with Gasteiger partial charge in [-0.1, -0.05) is 0 Å². The van der Waals surface area contributed by atoms with Crippen molar-refractivity contribution >= 4 is 32.6 Å². The van der Waals surface area contributed by atoms with Gasteiger partial charge in [-0.15, -0.1) is 0 Å². The molecule has 1 aromatic carbocycles. The van der Waals surface area contributed by atoms with Gasteiger partial charge in [-0.3, -0.25) is 9.78 Å². The van der Waals surface area contributed by atoms with Crippen molar-refractivity contribution in [2.75, 3.05) is 5.32 Å². The molecular formula is C17H15N3O6S. The average molecular weight is 389 g/mol. The number of hydrogen-bond acceptors (Lipinski definition) is 7. The number of aromatic nitrogens is 1. The van der Waals surface area contributed by atoms with E-state index in [1.165, 1.54) is 36.5 Å². The molecule has 2 aromatic heterocycles. The van der Waals surface area contributed by atoms with Crippen LogP contribution >= 0.6 is 0 Å². The summed E-state index contributed by atoms with van der Waals surface area (Å²) in [5.74, 6) is -0.743. The van der Waals surface area contributed by atoms with E-state index in [2.05, 4.69) is 10.3 Å². The highest BCUT2D eigenvalue weighted by molar-refractivity contribution is 7.89. The van der Waals surface area contributed by atoms with Crippen LogP contribution in [0.15, 0.2) is 50.6 Å². The fourth-order valence-electron chi connectivity index (χ4n) is 2.49. The van der Waals surface area contributed by atoms with Crippen molar-refractivity contribution in [2.45, 2.75) is 18.4 Å². The second-order valence-corrected chi connectivity index (χ2v) is 7.30. The molecule has 0 saturated carbocycles. The number of aliphatic hydroxyl groups excluding tert-OH is 1. The quantitative estimate of drug-likeness (QED) is 0.599. The molecule has 140 valence electrons. The number of anilines is 1. The molecular weight excluding hydrogens is 374 g/mol. The van der Waals surface area contributed by atoms with E-state index in [0.717, 1.165) is 0 Å². The van der Waals surface area contributed by atoms with Gasteiger partial charge in [0.25, 0.3) is 5.91 Å². The van der Waals surface area contributed by atoms with Gasteiger partial charge >= 0.3 is 5.63 Å². The van der Waals surface area contributed by atoms with Gasteiger partial charge in [-0.05, 0) is 37.3 Å². The van der Waals surface area contributed by atoms with Gasteiger partial charge in [0, 0.05) is 22.8 Å². The maximum Gasteiger partial charge on any atom is 0.349 e. The summed E-state index contributed by atoms with van der Waals surface area (Å²) in [5.41, 5.74) is 0.191. The van der Waals surface area contributed by atoms with Crippen LogP contribution in [-0.4, -0.2) is 24.4 Å². The van der Waals surface area contributed by atoms with Gasteiger partial charge in [0.15, 0.2) is 5.58 Å². The van der Waals surface area contributed by atoms with Crippen LogP contribution in [0.4, 0.5) is 5.69 Å². The van der Waals surface area contributed by atoms with Crippen LogP contribution in [0.2, 0.25) is 0 Å². The lowest BCUT2D eigenvalue weighted by molar-refractivity contribution is 0.102. The van der Waals surface area contributed by atoms with E-state index in [4.69, 9.17) is 9.56 Å². The number of nitrogens with two attached hydrogens (primary N) is 1. The number of aliphatic hydroxyl groups is 1. The lowest BCUT2D eigenvalue weighted by Crippen LogP contribution is -2.21. The highest BCUT2D eigenvalue weighted by atomic mass is 32.2. The van der Waals surface area contributed by atoms with Crippen LogP contribution in [0.1, 0.15) is 21.6 Å². The van der Waals surface area contributed by atoms with Crippen molar-refractivity contribution in [3.05, 3.63) is 63.8 Å². The summed E-state index contributed by atoms with van der Waals surface area (Å²) in [4.78, 5) is 28.6. The number of fused-ring (bicyclic) bond motifs is 1. The number of sulfonamides is 1. The minimum atomic E-state index is -3.85. The molecule has 3 rings (SSSR count). The topological polar surface area (TPSA) is 153 Å². The standard InChI is InChI=1S/C17H15N3O6S/c1-9-15-13(10(8-21)7-19-9)6-14(17(23)26-15)16(22)20-11-2-4-12(5-3-11)27(18,24)25/h2-7,21H,8H2,1H3,(H,20,22)(H2,18,24,25). The molecule has 0 aliphatic carbocycles. The summed E-state index contributed by atoms with van der Waals surface area (Å²) < 4.78 is 27.7. The van der Waals surface area contributed by atoms with Crippen molar-refractivity contribution in [1.29, 1.82) is 0 Å². The molecule has 9 nitrogen and oxygen atoms in total. The number of aryl methyl sites for hydroxylation is 1. The molecule has 0 spiro atoms. The Balaban J connectivity index is 1.98. The zero-order chi connectivity index (χ0) is 19.8. The van der Waals surface area contributed by atoms with Crippen molar-refractivity contribution in [2.24, 2.45) is 5.14 Å². The van der Waals surface area contributed by atoms with Crippen molar-refractivity contribution in [3.63, 3.8) is 0 Å². The van der Waals surface area contributed by atoms with E-state index in [0.29, 0.717) is 16.6 Å². The number of hydrogen-bond donors (Lipinski definition) is 3. The molecule has 0 bridgehead atoms. The largest absolute Gasteiger partial charge is 0.420 e. The van der Waals surface area contributed by atoms with E-state index >= 15 is 0 Å². The third-order valence-electron chi connectivity index (χ3n) is 3.89. The predicted octanol–water partition coefficient (Wildman–Crippen LogP) is 0.888. The summed E-state index contributed by atoms with van der Waals surface area (Å²) in [6.07, 6.45) is 1.44. The fraction of sp³-hybridized carbons (Fsp3) is 0.118. The molecule has 4 N–H and O–H groups in total. The lowest BCUT2D eigenvalue weighted by atomic mass is 10.1. The molecule has 3 aromatic rings. The van der Waals surface area contributed by atoms with Crippen LogP contribution < -0.4 is 16.1 Å². The molecule has 27 heavy (non-hydrogen) atoms. The number of primary sulfonamides is 1. The zero-order valence-electron chi connectivity index (χ0n) is 14.1. The molecule has 1 amide bonds. The van der Waals surface area contributed by atoms with Gasteiger partial charge in [-0.2, -0.15) is 0 Å². The monoisotopic (exact) mass is 389 g/mol. The van der Waals surface area contributed by atoms with E-state index < -0.39 is 21.6 Å². The van der Waals surface area contributed by atoms with Gasteiger partial charge in [0.1, 0.15) is 5.56 Å². The molecule has 0 aliphatic rings. The van der Waals surface area contributed by atoms with Crippen molar-refractivity contribution in [3.8, 4) is 0 Å². The van der Waals surface area contributed by atoms with Crippen LogP contribution in [0.3, 0.4) is 0 Å². The Hall–Kier alpha value is -3.08. The third kappa shape index (κ3) is 3.72. The minimum absolute atomic E-state index is 0.110. The Kier molecular flexibility index (Phi) is 4.79. The number of amides is 1. The second kappa shape index (κ2) is 6.91. The van der Waals surface area contributed by atoms with Gasteiger partial charge in [-0.25, -0.2) is 18.4 Å². The number of carbonyl (C=O) groups is 1. The number of nitrogens with one attached hydrogen (secondary N) is 1. The van der Waals surface area contributed by atoms with Crippen LogP contribution in [-0.2, 0) is 16.6 Å². The normalized spacial score (nSPS) is 11.5. The molecule has 0 radical (unpaired) electrons. The SMILES string of the molecule is Cc1ncc(CO)c2cc(C(=O)Nc3ccc(S(N)(=O)=O)cc3)c(=O)oc12. The molecule has 0 saturated heterocycles. The fourth-order valence-corrected chi connectivity index (χ4v) is 3.01. The van der Waals surface area contributed by atoms with Gasteiger partial charge in [0.05, 0.1) is 17.2 Å². The van der Waals surface area contributed by atoms with E-state index in [1.807, 2.05) is 0 Å². The first-order chi connectivity index (χ1) is 12.7. The zero-order valence-corrected chi connectivity index (χ0v) is 14.9. The minimum Gasteiger partial charge on any atom is -0.420 e. The Bertz CT molecular complexity index is 1200. The summed E-state index contributed by atoms with van der Waals surface area (Å²) in [6.45, 7) is 1.30. The maximum absolute atomic E-state index is 12.5. The summed E-state index contributed by atoms with van der Waals surface area (Å²) in [7, 11) is -3.85. The first kappa shape index (κ1) is 18.7. The van der Waals surface area contributed by atoms with Crippen molar-refractivity contribution < 1.29 is 22.7 Å². The molecule has 0 fully saturated rings. The first-order valence-corrected chi connectivity index (χ1v) is 9.22. The smallest absolute Gasteiger partial charge is 0.349 e. The molecule has 0 atom stereocenters. The van der Waals surface area contributed by atoms with E-state index in [9.17, 15) is 23.1 Å². The Morgan fingerprint density at radius 3 is 2.56 bits per heavy atom.